The summed E-state index contributed by atoms with van der Waals surface area (Å²) in [7, 11) is 4.48. The predicted octanol–water partition coefficient (Wildman–Crippen LogP) is 2.43. The number of likely N-dealkylation sites (N-methyl/N-ethyl adjacent to an activating group) is 2. The van der Waals surface area contributed by atoms with Crippen molar-refractivity contribution >= 4 is 0 Å². The molecule has 0 aromatic heterocycles. The predicted molar refractivity (Wildman–Crippen MR) is 87.1 cm³/mol. The second kappa shape index (κ2) is 7.24. The van der Waals surface area contributed by atoms with Crippen LogP contribution in [0.4, 0.5) is 0 Å². The fourth-order valence-electron chi connectivity index (χ4n) is 4.44. The molecule has 20 heavy (non-hydrogen) atoms. The van der Waals surface area contributed by atoms with E-state index in [1.165, 1.54) is 38.8 Å². The first-order chi connectivity index (χ1) is 9.56. The van der Waals surface area contributed by atoms with Crippen LogP contribution in [0.15, 0.2) is 0 Å². The molecule has 3 heteroatoms. The fourth-order valence-corrected chi connectivity index (χ4v) is 4.44. The molecule has 0 spiro atoms. The zero-order valence-corrected chi connectivity index (χ0v) is 14.2. The van der Waals surface area contributed by atoms with Gasteiger partial charge in [0.25, 0.3) is 0 Å². The Morgan fingerprint density at radius 2 is 1.90 bits per heavy atom. The van der Waals surface area contributed by atoms with E-state index in [1.54, 1.807) is 0 Å². The van der Waals surface area contributed by atoms with Crippen molar-refractivity contribution in [2.24, 2.45) is 11.8 Å². The highest BCUT2D eigenvalue weighted by atomic mass is 15.3. The van der Waals surface area contributed by atoms with Gasteiger partial charge >= 0.3 is 0 Å². The third-order valence-electron chi connectivity index (χ3n) is 5.70. The number of rotatable bonds is 5. The Morgan fingerprint density at radius 3 is 2.45 bits per heavy atom. The van der Waals surface area contributed by atoms with Crippen molar-refractivity contribution in [3.8, 4) is 0 Å². The molecule has 1 saturated heterocycles. The number of nitrogens with zero attached hydrogens (tertiary/aromatic N) is 2. The van der Waals surface area contributed by atoms with Crippen molar-refractivity contribution < 1.29 is 0 Å². The van der Waals surface area contributed by atoms with Crippen molar-refractivity contribution in [1.29, 1.82) is 0 Å². The zero-order valence-electron chi connectivity index (χ0n) is 14.2. The molecular weight excluding hydrogens is 246 g/mol. The summed E-state index contributed by atoms with van der Waals surface area (Å²) in [6.45, 7) is 10.7. The third kappa shape index (κ3) is 3.55. The largest absolute Gasteiger partial charge is 0.313 e. The summed E-state index contributed by atoms with van der Waals surface area (Å²) in [4.78, 5) is 5.22. The van der Waals surface area contributed by atoms with Crippen LogP contribution >= 0.6 is 0 Å². The molecule has 5 atom stereocenters. The topological polar surface area (TPSA) is 18.5 Å². The lowest BCUT2D eigenvalue weighted by Crippen LogP contribution is -2.53. The minimum Gasteiger partial charge on any atom is -0.313 e. The van der Waals surface area contributed by atoms with E-state index >= 15 is 0 Å². The summed E-state index contributed by atoms with van der Waals surface area (Å²) in [5.41, 5.74) is 0. The first-order valence-electron chi connectivity index (χ1n) is 8.70. The summed E-state index contributed by atoms with van der Waals surface area (Å²) in [5, 5.41) is 3.76. The monoisotopic (exact) mass is 281 g/mol. The molecule has 0 aromatic carbocycles. The summed E-state index contributed by atoms with van der Waals surface area (Å²) >= 11 is 0. The van der Waals surface area contributed by atoms with E-state index in [1.807, 2.05) is 0 Å². The lowest BCUT2D eigenvalue weighted by molar-refractivity contribution is 0.110. The minimum atomic E-state index is 0.718. The van der Waals surface area contributed by atoms with Gasteiger partial charge in [-0.2, -0.15) is 0 Å². The Bertz CT molecular complexity index is 292. The second-order valence-corrected chi connectivity index (χ2v) is 7.28. The van der Waals surface area contributed by atoms with Gasteiger partial charge in [0, 0.05) is 31.2 Å². The quantitative estimate of drug-likeness (QED) is 0.835. The normalized spacial score (nSPS) is 39.6. The van der Waals surface area contributed by atoms with Crippen LogP contribution in [0.5, 0.6) is 0 Å². The first kappa shape index (κ1) is 16.3. The maximum absolute atomic E-state index is 3.76. The SMILES string of the molecule is CCNC1CCC(CC)CC1N1CC(C)C(N(C)C)C1. The van der Waals surface area contributed by atoms with E-state index in [4.69, 9.17) is 0 Å². The highest BCUT2D eigenvalue weighted by Crippen LogP contribution is 2.33. The molecule has 2 rings (SSSR count). The van der Waals surface area contributed by atoms with Crippen LogP contribution in [0.25, 0.3) is 0 Å². The van der Waals surface area contributed by atoms with Crippen molar-refractivity contribution in [3.63, 3.8) is 0 Å². The van der Waals surface area contributed by atoms with Gasteiger partial charge in [-0.25, -0.2) is 0 Å². The molecule has 2 fully saturated rings. The molecule has 2 aliphatic rings. The van der Waals surface area contributed by atoms with Crippen LogP contribution in [-0.2, 0) is 0 Å². The van der Waals surface area contributed by atoms with E-state index in [2.05, 4.69) is 50.0 Å². The van der Waals surface area contributed by atoms with Gasteiger partial charge in [0.2, 0.25) is 0 Å². The molecule has 0 amide bonds. The first-order valence-corrected chi connectivity index (χ1v) is 8.70. The molecule has 3 nitrogen and oxygen atoms in total. The molecule has 5 unspecified atom stereocenters. The highest BCUT2D eigenvalue weighted by Gasteiger charge is 2.39. The molecule has 0 radical (unpaired) electrons. The van der Waals surface area contributed by atoms with Gasteiger partial charge in [0.05, 0.1) is 0 Å². The van der Waals surface area contributed by atoms with Crippen molar-refractivity contribution in [3.05, 3.63) is 0 Å². The molecule has 1 N–H and O–H groups in total. The molecule has 1 saturated carbocycles. The van der Waals surface area contributed by atoms with Crippen LogP contribution in [-0.4, -0.2) is 61.7 Å². The van der Waals surface area contributed by atoms with Gasteiger partial charge < -0.3 is 10.2 Å². The van der Waals surface area contributed by atoms with Crippen LogP contribution < -0.4 is 5.32 Å². The Kier molecular flexibility index (Phi) is 5.88. The third-order valence-corrected chi connectivity index (χ3v) is 5.70. The number of likely N-dealkylation sites (tertiary alicyclic amines) is 1. The van der Waals surface area contributed by atoms with Gasteiger partial charge in [0.1, 0.15) is 0 Å². The van der Waals surface area contributed by atoms with Crippen molar-refractivity contribution in [1.82, 2.24) is 15.1 Å². The summed E-state index contributed by atoms with van der Waals surface area (Å²) in [6.07, 6.45) is 5.55. The molecular formula is C17H35N3. The molecule has 1 aliphatic heterocycles. The average molecular weight is 281 g/mol. The van der Waals surface area contributed by atoms with Gasteiger partial charge in [-0.05, 0) is 51.7 Å². The lowest BCUT2D eigenvalue weighted by atomic mass is 9.80. The van der Waals surface area contributed by atoms with Crippen LogP contribution in [0.3, 0.4) is 0 Å². The van der Waals surface area contributed by atoms with E-state index in [0.717, 1.165) is 36.5 Å². The average Bonchev–Trinajstić information content (AvgIpc) is 2.81. The Hall–Kier alpha value is -0.120. The molecule has 1 aliphatic carbocycles. The van der Waals surface area contributed by atoms with E-state index < -0.39 is 0 Å². The Labute approximate surface area is 126 Å². The smallest absolute Gasteiger partial charge is 0.0254 e. The van der Waals surface area contributed by atoms with Crippen LogP contribution in [0, 0.1) is 11.8 Å². The summed E-state index contributed by atoms with van der Waals surface area (Å²) in [5.74, 6) is 1.75. The van der Waals surface area contributed by atoms with Crippen LogP contribution in [0.1, 0.15) is 46.5 Å². The van der Waals surface area contributed by atoms with Gasteiger partial charge in [0.15, 0.2) is 0 Å². The zero-order chi connectivity index (χ0) is 14.7. The van der Waals surface area contributed by atoms with E-state index in [0.29, 0.717) is 0 Å². The molecule has 0 bridgehead atoms. The Balaban J connectivity index is 2.03. The summed E-state index contributed by atoms with van der Waals surface area (Å²) in [6, 6.07) is 2.22. The standard InChI is InChI=1S/C17H35N3/c1-6-14-8-9-15(18-7-2)16(10-14)20-11-13(3)17(12-20)19(4)5/h13-18H,6-12H2,1-5H3. The van der Waals surface area contributed by atoms with E-state index in [9.17, 15) is 0 Å². The number of hydrogen-bond donors (Lipinski definition) is 1. The fraction of sp³-hybridized carbons (Fsp3) is 1.00. The summed E-state index contributed by atoms with van der Waals surface area (Å²) < 4.78 is 0. The number of nitrogens with one attached hydrogen (secondary N) is 1. The van der Waals surface area contributed by atoms with Gasteiger partial charge in [-0.15, -0.1) is 0 Å². The minimum absolute atomic E-state index is 0.718. The second-order valence-electron chi connectivity index (χ2n) is 7.28. The van der Waals surface area contributed by atoms with E-state index in [-0.39, 0.29) is 0 Å². The molecule has 0 aromatic rings. The van der Waals surface area contributed by atoms with Crippen LogP contribution in [0.2, 0.25) is 0 Å². The molecule has 118 valence electrons. The maximum atomic E-state index is 3.76. The maximum Gasteiger partial charge on any atom is 0.0254 e. The van der Waals surface area contributed by atoms with Gasteiger partial charge in [-0.3, -0.25) is 4.90 Å². The lowest BCUT2D eigenvalue weighted by Gasteiger charge is -2.41. The van der Waals surface area contributed by atoms with Crippen molar-refractivity contribution in [2.45, 2.75) is 64.6 Å². The number of hydrogen-bond acceptors (Lipinski definition) is 3. The van der Waals surface area contributed by atoms with Gasteiger partial charge in [-0.1, -0.05) is 27.2 Å². The Morgan fingerprint density at radius 1 is 1.15 bits per heavy atom. The van der Waals surface area contributed by atoms with Crippen molar-refractivity contribution in [2.75, 3.05) is 33.7 Å². The highest BCUT2D eigenvalue weighted by molar-refractivity contribution is 4.97. The molecule has 1 heterocycles.